The number of non-ortho nitro benzene ring substituents is 1. The fourth-order valence-electron chi connectivity index (χ4n) is 2.47. The van der Waals surface area contributed by atoms with Crippen LogP contribution in [0.2, 0.25) is 5.02 Å². The minimum Gasteiger partial charge on any atom is -0.488 e. The van der Waals surface area contributed by atoms with Gasteiger partial charge in [-0.3, -0.25) is 14.9 Å². The first-order valence-corrected chi connectivity index (χ1v) is 7.56. The molecule has 0 aromatic heterocycles. The van der Waals surface area contributed by atoms with E-state index in [9.17, 15) is 14.9 Å². The van der Waals surface area contributed by atoms with Crippen molar-refractivity contribution in [2.24, 2.45) is 5.73 Å². The van der Waals surface area contributed by atoms with E-state index < -0.39 is 10.8 Å². The van der Waals surface area contributed by atoms with Crippen molar-refractivity contribution in [3.8, 4) is 11.5 Å². The van der Waals surface area contributed by atoms with Gasteiger partial charge in [-0.05, 0) is 18.2 Å². The van der Waals surface area contributed by atoms with Crippen molar-refractivity contribution in [3.05, 3.63) is 62.2 Å². The predicted octanol–water partition coefficient (Wildman–Crippen LogP) is 2.79. The predicted molar refractivity (Wildman–Crippen MR) is 87.7 cm³/mol. The van der Waals surface area contributed by atoms with Crippen LogP contribution < -0.4 is 15.2 Å². The number of halogens is 1. The van der Waals surface area contributed by atoms with E-state index in [-0.39, 0.29) is 37.0 Å². The first kappa shape index (κ1) is 17.0. The Morgan fingerprint density at radius 1 is 1.36 bits per heavy atom. The third-order valence-corrected chi connectivity index (χ3v) is 3.81. The Balaban J connectivity index is 1.93. The molecule has 0 fully saturated rings. The first-order chi connectivity index (χ1) is 12.0. The average molecular weight is 365 g/mol. The Bertz CT molecular complexity index is 855. The third kappa shape index (κ3) is 3.65. The number of ether oxygens (including phenoxy) is 3. The van der Waals surface area contributed by atoms with Gasteiger partial charge in [-0.25, -0.2) is 0 Å². The summed E-state index contributed by atoms with van der Waals surface area (Å²) < 4.78 is 16.2. The van der Waals surface area contributed by atoms with Crippen LogP contribution in [0.15, 0.2) is 30.3 Å². The molecule has 0 atom stereocenters. The van der Waals surface area contributed by atoms with Crippen LogP contribution in [0.4, 0.5) is 5.69 Å². The summed E-state index contributed by atoms with van der Waals surface area (Å²) in [6, 6.07) is 7.18. The summed E-state index contributed by atoms with van der Waals surface area (Å²) in [5.41, 5.74) is 6.39. The summed E-state index contributed by atoms with van der Waals surface area (Å²) in [6.45, 7) is 0.180. The maximum Gasteiger partial charge on any atom is 0.270 e. The van der Waals surface area contributed by atoms with E-state index in [1.165, 1.54) is 30.3 Å². The quantitative estimate of drug-likeness (QED) is 0.644. The fraction of sp³-hybridized carbons (Fsp3) is 0.188. The smallest absolute Gasteiger partial charge is 0.270 e. The van der Waals surface area contributed by atoms with E-state index in [1.54, 1.807) is 0 Å². The summed E-state index contributed by atoms with van der Waals surface area (Å²) in [5.74, 6) is -0.00999. The van der Waals surface area contributed by atoms with Gasteiger partial charge in [0.25, 0.3) is 11.6 Å². The normalized spacial score (nSPS) is 12.8. The molecule has 25 heavy (non-hydrogen) atoms. The van der Waals surface area contributed by atoms with E-state index in [0.717, 1.165) is 0 Å². The van der Waals surface area contributed by atoms with Gasteiger partial charge in [-0.15, -0.1) is 0 Å². The van der Waals surface area contributed by atoms with Crippen molar-refractivity contribution >= 4 is 23.2 Å². The lowest BCUT2D eigenvalue weighted by molar-refractivity contribution is -0.385. The van der Waals surface area contributed by atoms with E-state index in [2.05, 4.69) is 0 Å². The van der Waals surface area contributed by atoms with Gasteiger partial charge in [0.1, 0.15) is 18.1 Å². The number of carbonyl (C=O) groups is 1. The molecule has 2 aromatic carbocycles. The van der Waals surface area contributed by atoms with E-state index in [1.807, 2.05) is 0 Å². The number of nitrogens with zero attached hydrogens (tertiary/aromatic N) is 1. The third-order valence-electron chi connectivity index (χ3n) is 3.57. The minimum atomic E-state index is -0.669. The molecule has 1 heterocycles. The second kappa shape index (κ2) is 6.96. The zero-order chi connectivity index (χ0) is 18.0. The molecular formula is C16H13ClN2O6. The number of primary amides is 1. The molecule has 1 aliphatic rings. The van der Waals surface area contributed by atoms with Gasteiger partial charge < -0.3 is 19.9 Å². The Labute approximate surface area is 147 Å². The van der Waals surface area contributed by atoms with Crippen molar-refractivity contribution in [2.45, 2.75) is 13.2 Å². The SMILES string of the molecule is NC(=O)c1ccc(Cl)cc1OCc1cc([N+](=O)[O-])cc2c1OCOC2. The maximum absolute atomic E-state index is 11.5. The molecule has 0 saturated carbocycles. The summed E-state index contributed by atoms with van der Waals surface area (Å²) in [5, 5.41) is 11.5. The zero-order valence-corrected chi connectivity index (χ0v) is 13.6. The van der Waals surface area contributed by atoms with Crippen LogP contribution in [0.3, 0.4) is 0 Å². The van der Waals surface area contributed by atoms with Crippen molar-refractivity contribution in [3.63, 3.8) is 0 Å². The number of carbonyl (C=O) groups excluding carboxylic acids is 1. The Kier molecular flexibility index (Phi) is 4.73. The molecule has 130 valence electrons. The lowest BCUT2D eigenvalue weighted by atomic mass is 10.1. The van der Waals surface area contributed by atoms with Crippen LogP contribution >= 0.6 is 11.6 Å². The highest BCUT2D eigenvalue weighted by Crippen LogP contribution is 2.34. The number of nitrogens with two attached hydrogens (primary N) is 1. The monoisotopic (exact) mass is 364 g/mol. The summed E-state index contributed by atoms with van der Waals surface area (Å²) in [6.07, 6.45) is 0. The number of hydrogen-bond donors (Lipinski definition) is 1. The van der Waals surface area contributed by atoms with E-state index in [0.29, 0.717) is 21.9 Å². The van der Waals surface area contributed by atoms with Crippen molar-refractivity contribution in [1.29, 1.82) is 0 Å². The molecule has 1 amide bonds. The molecule has 8 nitrogen and oxygen atoms in total. The fourth-order valence-corrected chi connectivity index (χ4v) is 2.63. The van der Waals surface area contributed by atoms with E-state index in [4.69, 9.17) is 31.5 Å². The summed E-state index contributed by atoms with van der Waals surface area (Å²) in [4.78, 5) is 22.1. The zero-order valence-electron chi connectivity index (χ0n) is 12.9. The number of nitro benzene ring substituents is 1. The maximum atomic E-state index is 11.5. The number of fused-ring (bicyclic) bond motifs is 1. The molecule has 2 N–H and O–H groups in total. The summed E-state index contributed by atoms with van der Waals surface area (Å²) in [7, 11) is 0. The first-order valence-electron chi connectivity index (χ1n) is 7.18. The minimum absolute atomic E-state index is 0.0432. The Hall–Kier alpha value is -2.84. The summed E-state index contributed by atoms with van der Waals surface area (Å²) >= 11 is 5.92. The van der Waals surface area contributed by atoms with Gasteiger partial charge in [0.05, 0.1) is 17.1 Å². The molecule has 9 heteroatoms. The van der Waals surface area contributed by atoms with Crippen LogP contribution in [0.25, 0.3) is 0 Å². The molecule has 3 rings (SSSR count). The van der Waals surface area contributed by atoms with Crippen molar-refractivity contribution < 1.29 is 23.9 Å². The standard InChI is InChI=1S/C16H13ClN2O6/c17-11-1-2-13(16(18)20)14(5-11)24-7-10-4-12(19(21)22)3-9-6-23-8-25-15(9)10/h1-5H,6-8H2,(H2,18,20). The average Bonchev–Trinajstić information content (AvgIpc) is 2.59. The van der Waals surface area contributed by atoms with Crippen molar-refractivity contribution in [2.75, 3.05) is 6.79 Å². The number of hydrogen-bond acceptors (Lipinski definition) is 6. The molecule has 0 aliphatic carbocycles. The van der Waals surface area contributed by atoms with Gasteiger partial charge in [-0.1, -0.05) is 11.6 Å². The largest absolute Gasteiger partial charge is 0.488 e. The molecular weight excluding hydrogens is 352 g/mol. The lowest BCUT2D eigenvalue weighted by Crippen LogP contribution is -2.15. The molecule has 0 radical (unpaired) electrons. The second-order valence-corrected chi connectivity index (χ2v) is 5.69. The molecule has 1 aliphatic heterocycles. The number of benzene rings is 2. The molecule has 0 spiro atoms. The highest BCUT2D eigenvalue weighted by Gasteiger charge is 2.22. The van der Waals surface area contributed by atoms with Gasteiger partial charge in [0.15, 0.2) is 6.79 Å². The Morgan fingerprint density at radius 2 is 2.16 bits per heavy atom. The van der Waals surface area contributed by atoms with Crippen LogP contribution in [-0.2, 0) is 18.0 Å². The Morgan fingerprint density at radius 3 is 2.88 bits per heavy atom. The van der Waals surface area contributed by atoms with Gasteiger partial charge in [0, 0.05) is 28.3 Å². The molecule has 0 unspecified atom stereocenters. The van der Waals surface area contributed by atoms with Gasteiger partial charge in [0.2, 0.25) is 0 Å². The van der Waals surface area contributed by atoms with E-state index >= 15 is 0 Å². The van der Waals surface area contributed by atoms with Gasteiger partial charge >= 0.3 is 0 Å². The molecule has 2 aromatic rings. The van der Waals surface area contributed by atoms with Crippen LogP contribution in [0.1, 0.15) is 21.5 Å². The number of amides is 1. The number of rotatable bonds is 5. The topological polar surface area (TPSA) is 114 Å². The van der Waals surface area contributed by atoms with Crippen LogP contribution in [-0.4, -0.2) is 17.6 Å². The van der Waals surface area contributed by atoms with Crippen molar-refractivity contribution in [1.82, 2.24) is 0 Å². The lowest BCUT2D eigenvalue weighted by Gasteiger charge is -2.21. The van der Waals surface area contributed by atoms with Gasteiger partial charge in [-0.2, -0.15) is 0 Å². The van der Waals surface area contributed by atoms with Crippen LogP contribution in [0.5, 0.6) is 11.5 Å². The number of nitro groups is 1. The highest BCUT2D eigenvalue weighted by atomic mass is 35.5. The second-order valence-electron chi connectivity index (χ2n) is 5.25. The highest BCUT2D eigenvalue weighted by molar-refractivity contribution is 6.30. The molecule has 0 saturated heterocycles. The van der Waals surface area contributed by atoms with Crippen LogP contribution in [0, 0.1) is 10.1 Å². The molecule has 0 bridgehead atoms.